The van der Waals surface area contributed by atoms with Crippen molar-refractivity contribution in [2.45, 2.75) is 5.75 Å². The van der Waals surface area contributed by atoms with Crippen LogP contribution in [0.25, 0.3) is 4.96 Å². The molecule has 0 unspecified atom stereocenters. The molecule has 1 aliphatic rings. The van der Waals surface area contributed by atoms with Gasteiger partial charge in [0.1, 0.15) is 4.38 Å². The van der Waals surface area contributed by atoms with E-state index in [-0.39, 0.29) is 5.56 Å². The van der Waals surface area contributed by atoms with Gasteiger partial charge in [-0.05, 0) is 0 Å². The third kappa shape index (κ3) is 2.41. The van der Waals surface area contributed by atoms with Crippen LogP contribution in [-0.4, -0.2) is 26.1 Å². The minimum atomic E-state index is -0.00661. The molecule has 3 heterocycles. The van der Waals surface area contributed by atoms with Gasteiger partial charge < -0.3 is 0 Å². The van der Waals surface area contributed by atoms with Crippen molar-refractivity contribution < 1.29 is 0 Å². The Morgan fingerprint density at radius 3 is 3.29 bits per heavy atom. The SMILES string of the molecule is O=c1cc(CSC2=NCCS2)nc2sccn12. The monoisotopic (exact) mass is 283 g/mol. The molecule has 2 aromatic heterocycles. The van der Waals surface area contributed by atoms with Gasteiger partial charge >= 0.3 is 0 Å². The molecule has 88 valence electrons. The zero-order chi connectivity index (χ0) is 11.7. The van der Waals surface area contributed by atoms with Crippen LogP contribution in [0.5, 0.6) is 0 Å². The normalized spacial score (nSPS) is 15.4. The number of rotatable bonds is 2. The summed E-state index contributed by atoms with van der Waals surface area (Å²) in [5.74, 6) is 1.79. The maximum atomic E-state index is 11.7. The molecule has 0 N–H and O–H groups in total. The fraction of sp³-hybridized carbons (Fsp3) is 0.300. The van der Waals surface area contributed by atoms with Crippen molar-refractivity contribution in [3.63, 3.8) is 0 Å². The quantitative estimate of drug-likeness (QED) is 0.846. The lowest BCUT2D eigenvalue weighted by molar-refractivity contribution is 1.04. The van der Waals surface area contributed by atoms with Gasteiger partial charge in [-0.25, -0.2) is 4.98 Å². The van der Waals surface area contributed by atoms with E-state index in [1.54, 1.807) is 40.2 Å². The molecule has 17 heavy (non-hydrogen) atoms. The maximum absolute atomic E-state index is 11.7. The predicted octanol–water partition coefficient (Wildman–Crippen LogP) is 2.09. The van der Waals surface area contributed by atoms with Crippen LogP contribution < -0.4 is 5.56 Å². The Morgan fingerprint density at radius 2 is 2.47 bits per heavy atom. The van der Waals surface area contributed by atoms with Gasteiger partial charge in [0.25, 0.3) is 5.56 Å². The smallest absolute Gasteiger partial charge is 0.258 e. The van der Waals surface area contributed by atoms with E-state index in [9.17, 15) is 4.79 Å². The van der Waals surface area contributed by atoms with Gasteiger partial charge in [0.05, 0.1) is 12.2 Å². The number of thiazole rings is 1. The summed E-state index contributed by atoms with van der Waals surface area (Å²) in [4.78, 5) is 21.3. The van der Waals surface area contributed by atoms with E-state index < -0.39 is 0 Å². The van der Waals surface area contributed by atoms with E-state index in [1.165, 1.54) is 11.3 Å². The van der Waals surface area contributed by atoms with Crippen LogP contribution >= 0.6 is 34.9 Å². The van der Waals surface area contributed by atoms with Crippen LogP contribution in [0.3, 0.4) is 0 Å². The lowest BCUT2D eigenvalue weighted by Gasteiger charge is -2.00. The number of nitrogens with zero attached hydrogens (tertiary/aromatic N) is 3. The first kappa shape index (κ1) is 11.3. The molecule has 0 amide bonds. The van der Waals surface area contributed by atoms with Crippen molar-refractivity contribution >= 4 is 44.2 Å². The van der Waals surface area contributed by atoms with Crippen molar-refractivity contribution in [3.05, 3.63) is 33.7 Å². The summed E-state index contributed by atoms with van der Waals surface area (Å²) in [6, 6.07) is 1.60. The molecule has 4 nitrogen and oxygen atoms in total. The van der Waals surface area contributed by atoms with Gasteiger partial charge in [-0.2, -0.15) is 0 Å². The highest BCUT2D eigenvalue weighted by Crippen LogP contribution is 2.24. The summed E-state index contributed by atoms with van der Waals surface area (Å²) >= 11 is 4.92. The van der Waals surface area contributed by atoms with Crippen molar-refractivity contribution in [2.75, 3.05) is 12.3 Å². The Morgan fingerprint density at radius 1 is 1.53 bits per heavy atom. The van der Waals surface area contributed by atoms with E-state index in [1.807, 2.05) is 5.38 Å². The van der Waals surface area contributed by atoms with Crippen LogP contribution in [0.4, 0.5) is 0 Å². The first-order chi connectivity index (χ1) is 8.33. The van der Waals surface area contributed by atoms with E-state index in [2.05, 4.69) is 9.98 Å². The van der Waals surface area contributed by atoms with Crippen molar-refractivity contribution in [2.24, 2.45) is 4.99 Å². The Bertz CT molecular complexity index is 631. The number of hydrogen-bond donors (Lipinski definition) is 0. The fourth-order valence-electron chi connectivity index (χ4n) is 1.50. The Labute approximate surface area is 110 Å². The Balaban J connectivity index is 1.82. The van der Waals surface area contributed by atoms with Crippen molar-refractivity contribution in [1.82, 2.24) is 9.38 Å². The predicted molar refractivity (Wildman–Crippen MR) is 75.4 cm³/mol. The highest BCUT2D eigenvalue weighted by molar-refractivity contribution is 8.38. The molecule has 0 fully saturated rings. The Kier molecular flexibility index (Phi) is 3.21. The first-order valence-corrected chi connectivity index (χ1v) is 7.94. The molecule has 1 aliphatic heterocycles. The molecule has 0 bridgehead atoms. The van der Waals surface area contributed by atoms with Crippen LogP contribution in [0.1, 0.15) is 5.69 Å². The van der Waals surface area contributed by atoms with Gasteiger partial charge in [-0.3, -0.25) is 14.2 Å². The molecule has 0 spiro atoms. The summed E-state index contributed by atoms with van der Waals surface area (Å²) in [6.45, 7) is 0.910. The highest BCUT2D eigenvalue weighted by atomic mass is 32.2. The molecule has 3 rings (SSSR count). The fourth-order valence-corrected chi connectivity index (χ4v) is 4.14. The number of aliphatic imine (C=N–C) groups is 1. The van der Waals surface area contributed by atoms with Crippen LogP contribution in [-0.2, 0) is 5.75 Å². The van der Waals surface area contributed by atoms with E-state index in [0.29, 0.717) is 0 Å². The van der Waals surface area contributed by atoms with E-state index in [4.69, 9.17) is 0 Å². The number of aromatic nitrogens is 2. The number of thioether (sulfide) groups is 2. The topological polar surface area (TPSA) is 46.7 Å². The minimum absolute atomic E-state index is 0.00661. The number of fused-ring (bicyclic) bond motifs is 1. The average Bonchev–Trinajstić information content (AvgIpc) is 2.97. The molecule has 0 atom stereocenters. The Hall–Kier alpha value is -0.790. The maximum Gasteiger partial charge on any atom is 0.258 e. The third-order valence-corrected chi connectivity index (χ3v) is 5.30. The van der Waals surface area contributed by atoms with Gasteiger partial charge in [-0.1, -0.05) is 23.5 Å². The molecule has 2 aromatic rings. The average molecular weight is 283 g/mol. The van der Waals surface area contributed by atoms with Crippen molar-refractivity contribution in [1.29, 1.82) is 0 Å². The molecule has 0 saturated carbocycles. The van der Waals surface area contributed by atoms with Crippen LogP contribution in [0.2, 0.25) is 0 Å². The second-order valence-corrected chi connectivity index (χ2v) is 6.61. The summed E-state index contributed by atoms with van der Waals surface area (Å²) < 4.78 is 2.68. The molecule has 7 heteroatoms. The summed E-state index contributed by atoms with van der Waals surface area (Å²) in [7, 11) is 0. The lowest BCUT2D eigenvalue weighted by atomic mass is 10.4. The highest BCUT2D eigenvalue weighted by Gasteiger charge is 2.09. The van der Waals surface area contributed by atoms with Gasteiger partial charge in [0.2, 0.25) is 0 Å². The lowest BCUT2D eigenvalue weighted by Crippen LogP contribution is -2.12. The molecular formula is C10H9N3OS3. The summed E-state index contributed by atoms with van der Waals surface area (Å²) in [6.07, 6.45) is 1.75. The van der Waals surface area contributed by atoms with E-state index in [0.717, 1.165) is 33.1 Å². The van der Waals surface area contributed by atoms with Gasteiger partial charge in [0.15, 0.2) is 4.96 Å². The van der Waals surface area contributed by atoms with Crippen LogP contribution in [0.15, 0.2) is 27.4 Å². The number of hydrogen-bond acceptors (Lipinski definition) is 6. The summed E-state index contributed by atoms with van der Waals surface area (Å²) in [5, 5.41) is 1.87. The molecule has 0 saturated heterocycles. The van der Waals surface area contributed by atoms with E-state index >= 15 is 0 Å². The van der Waals surface area contributed by atoms with Gasteiger partial charge in [-0.15, -0.1) is 11.3 Å². The van der Waals surface area contributed by atoms with Crippen molar-refractivity contribution in [3.8, 4) is 0 Å². The first-order valence-electron chi connectivity index (χ1n) is 5.09. The second kappa shape index (κ2) is 4.83. The zero-order valence-electron chi connectivity index (χ0n) is 8.83. The molecule has 0 aromatic carbocycles. The standard InChI is InChI=1S/C10H9N3OS3/c14-8-5-7(6-17-10-11-1-3-16-10)12-9-13(8)2-4-15-9/h2,4-5H,1,3,6H2. The molecule has 0 radical (unpaired) electrons. The third-order valence-electron chi connectivity index (χ3n) is 2.26. The summed E-state index contributed by atoms with van der Waals surface area (Å²) in [5.41, 5.74) is 0.825. The second-order valence-electron chi connectivity index (χ2n) is 3.43. The zero-order valence-corrected chi connectivity index (χ0v) is 11.3. The van der Waals surface area contributed by atoms with Gasteiger partial charge in [0, 0.05) is 29.1 Å². The largest absolute Gasteiger partial charge is 0.271 e. The molecule has 0 aliphatic carbocycles. The minimum Gasteiger partial charge on any atom is -0.271 e. The molecular weight excluding hydrogens is 274 g/mol. The van der Waals surface area contributed by atoms with Crippen LogP contribution in [0, 0.1) is 0 Å².